The lowest BCUT2D eigenvalue weighted by Crippen LogP contribution is -2.31. The number of thiophene rings is 1. The minimum atomic E-state index is -0.0452. The van der Waals surface area contributed by atoms with Crippen molar-refractivity contribution >= 4 is 17.2 Å². The molecule has 1 amide bonds. The average Bonchev–Trinajstić information content (AvgIpc) is 3.03. The first-order valence-electron chi connectivity index (χ1n) is 6.38. The van der Waals surface area contributed by atoms with Gasteiger partial charge in [0, 0.05) is 24.4 Å². The molecular weight excluding hydrogens is 260 g/mol. The Hall–Kier alpha value is -1.35. The van der Waals surface area contributed by atoms with Crippen LogP contribution in [0.2, 0.25) is 0 Å². The van der Waals surface area contributed by atoms with Crippen molar-refractivity contribution in [3.8, 4) is 11.8 Å². The van der Waals surface area contributed by atoms with E-state index in [9.17, 15) is 4.79 Å². The molecule has 2 rings (SSSR count). The van der Waals surface area contributed by atoms with Crippen LogP contribution < -0.4 is 11.1 Å². The molecule has 5 heteroatoms. The van der Waals surface area contributed by atoms with Gasteiger partial charge in [0.15, 0.2) is 0 Å². The fourth-order valence-corrected chi connectivity index (χ4v) is 2.78. The summed E-state index contributed by atoms with van der Waals surface area (Å²) in [5.41, 5.74) is 5.98. The predicted octanol–water partition coefficient (Wildman–Crippen LogP) is 1.21. The fourth-order valence-electron chi connectivity index (χ4n) is 2.03. The van der Waals surface area contributed by atoms with E-state index in [0.717, 1.165) is 17.9 Å². The van der Waals surface area contributed by atoms with E-state index in [1.54, 1.807) is 6.07 Å². The van der Waals surface area contributed by atoms with Gasteiger partial charge in [0.25, 0.3) is 5.91 Å². The Morgan fingerprint density at radius 2 is 2.53 bits per heavy atom. The monoisotopic (exact) mass is 278 g/mol. The maximum absolute atomic E-state index is 12.0. The van der Waals surface area contributed by atoms with E-state index in [0.29, 0.717) is 24.6 Å². The molecule has 0 aromatic carbocycles. The Balaban J connectivity index is 1.87. The van der Waals surface area contributed by atoms with Crippen molar-refractivity contribution in [2.45, 2.75) is 19.4 Å². The van der Waals surface area contributed by atoms with Crippen LogP contribution in [0, 0.1) is 17.8 Å². The van der Waals surface area contributed by atoms with E-state index in [2.05, 4.69) is 24.1 Å². The van der Waals surface area contributed by atoms with Crippen molar-refractivity contribution in [3.63, 3.8) is 0 Å². The van der Waals surface area contributed by atoms with Gasteiger partial charge in [-0.25, -0.2) is 0 Å². The Labute approximate surface area is 117 Å². The van der Waals surface area contributed by atoms with Crippen LogP contribution in [0.15, 0.2) is 11.4 Å². The van der Waals surface area contributed by atoms with Crippen molar-refractivity contribution in [1.82, 2.24) is 5.32 Å². The number of nitrogens with one attached hydrogen (secondary N) is 1. The van der Waals surface area contributed by atoms with E-state index in [4.69, 9.17) is 10.5 Å². The van der Waals surface area contributed by atoms with Crippen LogP contribution in [-0.4, -0.2) is 31.7 Å². The molecule has 0 radical (unpaired) electrons. The molecule has 1 saturated heterocycles. The van der Waals surface area contributed by atoms with Crippen molar-refractivity contribution in [3.05, 3.63) is 21.9 Å². The summed E-state index contributed by atoms with van der Waals surface area (Å²) >= 11 is 1.46. The van der Waals surface area contributed by atoms with Gasteiger partial charge in [-0.2, -0.15) is 0 Å². The second kappa shape index (κ2) is 6.71. The molecule has 2 atom stereocenters. The molecule has 0 saturated carbocycles. The Kier molecular flexibility index (Phi) is 4.97. The molecule has 2 heterocycles. The Bertz CT molecular complexity index is 501. The van der Waals surface area contributed by atoms with Crippen LogP contribution in [0.5, 0.6) is 0 Å². The quantitative estimate of drug-likeness (QED) is 0.817. The van der Waals surface area contributed by atoms with Gasteiger partial charge >= 0.3 is 0 Å². The van der Waals surface area contributed by atoms with Gasteiger partial charge in [0.1, 0.15) is 0 Å². The number of amides is 1. The van der Waals surface area contributed by atoms with Gasteiger partial charge in [0.05, 0.1) is 23.1 Å². The Morgan fingerprint density at radius 3 is 3.21 bits per heavy atom. The van der Waals surface area contributed by atoms with Crippen molar-refractivity contribution in [2.75, 3.05) is 19.7 Å². The molecule has 0 bridgehead atoms. The van der Waals surface area contributed by atoms with E-state index in [-0.39, 0.29) is 12.0 Å². The van der Waals surface area contributed by atoms with E-state index in [1.165, 1.54) is 11.3 Å². The zero-order chi connectivity index (χ0) is 13.7. The Morgan fingerprint density at radius 1 is 1.68 bits per heavy atom. The summed E-state index contributed by atoms with van der Waals surface area (Å²) in [6, 6.07) is 1.80. The highest BCUT2D eigenvalue weighted by Gasteiger charge is 2.24. The highest BCUT2D eigenvalue weighted by molar-refractivity contribution is 7.10. The molecule has 1 aliphatic heterocycles. The van der Waals surface area contributed by atoms with Crippen LogP contribution in [0.1, 0.15) is 28.6 Å². The summed E-state index contributed by atoms with van der Waals surface area (Å²) in [7, 11) is 0. The molecule has 3 N–H and O–H groups in total. The highest BCUT2D eigenvalue weighted by atomic mass is 32.1. The maximum atomic E-state index is 12.0. The predicted molar refractivity (Wildman–Crippen MR) is 76.1 cm³/mol. The van der Waals surface area contributed by atoms with Gasteiger partial charge in [-0.1, -0.05) is 11.8 Å². The summed E-state index contributed by atoms with van der Waals surface area (Å²) in [6.07, 6.45) is 1.24. The second-order valence-electron chi connectivity index (χ2n) is 4.54. The third kappa shape index (κ3) is 3.80. The number of carbonyl (C=O) groups is 1. The largest absolute Gasteiger partial charge is 0.378 e. The van der Waals surface area contributed by atoms with Crippen LogP contribution in [-0.2, 0) is 4.74 Å². The topological polar surface area (TPSA) is 64.3 Å². The zero-order valence-electron chi connectivity index (χ0n) is 10.9. The summed E-state index contributed by atoms with van der Waals surface area (Å²) in [4.78, 5) is 12.8. The number of nitrogens with two attached hydrogens (primary N) is 1. The van der Waals surface area contributed by atoms with Crippen LogP contribution >= 0.6 is 11.3 Å². The zero-order valence-corrected chi connectivity index (χ0v) is 11.8. The lowest BCUT2D eigenvalue weighted by atomic mass is 10.0. The summed E-state index contributed by atoms with van der Waals surface area (Å²) < 4.78 is 5.47. The minimum Gasteiger partial charge on any atom is -0.378 e. The standard InChI is InChI=1S/C14H18N2O2S/c1-10-11(4-6-18-10)8-16-14(17)12-7-13(19-9-12)3-2-5-15/h7,9-11H,4-6,8,15H2,1H3,(H,16,17). The van der Waals surface area contributed by atoms with Gasteiger partial charge < -0.3 is 15.8 Å². The number of carbonyl (C=O) groups excluding carboxylic acids is 1. The molecule has 0 spiro atoms. The molecule has 102 valence electrons. The first-order chi connectivity index (χ1) is 9.20. The summed E-state index contributed by atoms with van der Waals surface area (Å²) in [6.45, 7) is 3.84. The number of rotatable bonds is 3. The lowest BCUT2D eigenvalue weighted by Gasteiger charge is -2.14. The van der Waals surface area contributed by atoms with Crippen LogP contribution in [0.4, 0.5) is 0 Å². The molecule has 1 aromatic rings. The molecule has 2 unspecified atom stereocenters. The fraction of sp³-hybridized carbons (Fsp3) is 0.500. The lowest BCUT2D eigenvalue weighted by molar-refractivity contribution is 0.0907. The normalized spacial score (nSPS) is 21.8. The SMILES string of the molecule is CC1OCCC1CNC(=O)c1csc(C#CCN)c1. The summed E-state index contributed by atoms with van der Waals surface area (Å²) in [5.74, 6) is 6.08. The molecule has 1 aromatic heterocycles. The first-order valence-corrected chi connectivity index (χ1v) is 7.26. The highest BCUT2D eigenvalue weighted by Crippen LogP contribution is 2.19. The maximum Gasteiger partial charge on any atom is 0.252 e. The molecule has 19 heavy (non-hydrogen) atoms. The third-order valence-corrected chi connectivity index (χ3v) is 4.08. The van der Waals surface area contributed by atoms with Gasteiger partial charge in [-0.3, -0.25) is 4.79 Å². The average molecular weight is 278 g/mol. The van der Waals surface area contributed by atoms with E-state index >= 15 is 0 Å². The van der Waals surface area contributed by atoms with E-state index < -0.39 is 0 Å². The molecule has 0 aliphatic carbocycles. The van der Waals surface area contributed by atoms with Crippen LogP contribution in [0.25, 0.3) is 0 Å². The van der Waals surface area contributed by atoms with Gasteiger partial charge in [0.2, 0.25) is 0 Å². The third-order valence-electron chi connectivity index (χ3n) is 3.23. The first kappa shape index (κ1) is 14.1. The van der Waals surface area contributed by atoms with E-state index in [1.807, 2.05) is 5.38 Å². The van der Waals surface area contributed by atoms with Crippen molar-refractivity contribution in [2.24, 2.45) is 11.7 Å². The minimum absolute atomic E-state index is 0.0452. The number of hydrogen-bond donors (Lipinski definition) is 2. The van der Waals surface area contributed by atoms with Crippen molar-refractivity contribution < 1.29 is 9.53 Å². The number of hydrogen-bond acceptors (Lipinski definition) is 4. The second-order valence-corrected chi connectivity index (χ2v) is 5.45. The smallest absolute Gasteiger partial charge is 0.252 e. The van der Waals surface area contributed by atoms with Crippen molar-refractivity contribution in [1.29, 1.82) is 0 Å². The van der Waals surface area contributed by atoms with Gasteiger partial charge in [-0.15, -0.1) is 11.3 Å². The summed E-state index contributed by atoms with van der Waals surface area (Å²) in [5, 5.41) is 4.78. The van der Waals surface area contributed by atoms with Gasteiger partial charge in [-0.05, 0) is 19.4 Å². The molecule has 4 nitrogen and oxygen atoms in total. The van der Waals surface area contributed by atoms with Crippen LogP contribution in [0.3, 0.4) is 0 Å². The molecule has 1 aliphatic rings. The number of ether oxygens (including phenoxy) is 1. The molecular formula is C14H18N2O2S. The molecule has 1 fully saturated rings.